The summed E-state index contributed by atoms with van der Waals surface area (Å²) in [4.78, 5) is 21.2. The number of carbonyl (C=O) groups is 1. The van der Waals surface area contributed by atoms with E-state index in [1.54, 1.807) is 0 Å². The molecule has 0 radical (unpaired) electrons. The molecule has 2 aliphatic heterocycles. The van der Waals surface area contributed by atoms with Crippen LogP contribution in [0.5, 0.6) is 0 Å². The smallest absolute Gasteiger partial charge is 0.226 e. The summed E-state index contributed by atoms with van der Waals surface area (Å²) < 4.78 is 16.6. The van der Waals surface area contributed by atoms with Crippen molar-refractivity contribution < 1.29 is 18.8 Å². The summed E-state index contributed by atoms with van der Waals surface area (Å²) in [5.74, 6) is 2.12. The topological polar surface area (TPSA) is 80.9 Å². The minimum Gasteiger partial charge on any atom is -0.379 e. The van der Waals surface area contributed by atoms with Crippen molar-refractivity contribution in [2.24, 2.45) is 5.92 Å². The molecule has 0 saturated carbocycles. The molecule has 28 heavy (non-hydrogen) atoms. The molecule has 8 heteroatoms. The summed E-state index contributed by atoms with van der Waals surface area (Å²) in [7, 11) is 0. The fraction of sp³-hybridized carbons (Fsp3) is 0.850. The number of hydrogen-bond acceptors (Lipinski definition) is 7. The van der Waals surface area contributed by atoms with Crippen LogP contribution in [0.25, 0.3) is 0 Å². The van der Waals surface area contributed by atoms with Gasteiger partial charge in [0.05, 0.1) is 25.9 Å². The molecule has 1 unspecified atom stereocenters. The monoisotopic (exact) mass is 394 g/mol. The lowest BCUT2D eigenvalue weighted by Gasteiger charge is -2.33. The first-order valence-corrected chi connectivity index (χ1v) is 10.6. The van der Waals surface area contributed by atoms with Crippen LogP contribution in [0.2, 0.25) is 0 Å². The molecule has 1 amide bonds. The first kappa shape index (κ1) is 21.2. The van der Waals surface area contributed by atoms with E-state index in [1.165, 1.54) is 0 Å². The fourth-order valence-corrected chi connectivity index (χ4v) is 3.68. The van der Waals surface area contributed by atoms with Crippen LogP contribution in [0.1, 0.15) is 44.8 Å². The Bertz CT molecular complexity index is 601. The molecule has 1 atom stereocenters. The summed E-state index contributed by atoms with van der Waals surface area (Å²) in [6.45, 7) is 10.6. The van der Waals surface area contributed by atoms with E-state index in [0.717, 1.165) is 58.7 Å². The maximum atomic E-state index is 12.6. The summed E-state index contributed by atoms with van der Waals surface area (Å²) in [6.07, 6.45) is 4.12. The zero-order valence-corrected chi connectivity index (χ0v) is 17.3. The van der Waals surface area contributed by atoms with E-state index in [2.05, 4.69) is 28.9 Å². The first-order chi connectivity index (χ1) is 13.6. The third kappa shape index (κ3) is 6.83. The Balaban J connectivity index is 1.34. The van der Waals surface area contributed by atoms with E-state index >= 15 is 0 Å². The molecule has 0 aliphatic carbocycles. The van der Waals surface area contributed by atoms with Crippen molar-refractivity contribution in [1.82, 2.24) is 19.9 Å². The van der Waals surface area contributed by atoms with Gasteiger partial charge in [-0.25, -0.2) is 0 Å². The SMILES string of the molecule is CC(C)Cc1nc(CCOC2CCCN(C(=O)CCN3CCOCC3)C2)no1. The number of morpholine rings is 1. The third-order valence-electron chi connectivity index (χ3n) is 5.25. The van der Waals surface area contributed by atoms with Crippen LogP contribution in [0, 0.1) is 5.92 Å². The number of carbonyl (C=O) groups excluding carboxylic acids is 1. The highest BCUT2D eigenvalue weighted by Crippen LogP contribution is 2.15. The number of amides is 1. The molecule has 2 saturated heterocycles. The minimum absolute atomic E-state index is 0.100. The van der Waals surface area contributed by atoms with E-state index in [1.807, 2.05) is 4.90 Å². The van der Waals surface area contributed by atoms with Gasteiger partial charge in [0.1, 0.15) is 0 Å². The number of likely N-dealkylation sites (tertiary alicyclic amines) is 1. The predicted molar refractivity (Wildman–Crippen MR) is 104 cm³/mol. The zero-order chi connectivity index (χ0) is 19.8. The molecule has 2 aliphatic rings. The molecule has 0 N–H and O–H groups in total. The Morgan fingerprint density at radius 1 is 1.29 bits per heavy atom. The van der Waals surface area contributed by atoms with E-state index < -0.39 is 0 Å². The second kappa shape index (κ2) is 10.9. The minimum atomic E-state index is 0.100. The lowest BCUT2D eigenvalue weighted by atomic mass is 10.1. The molecule has 0 bridgehead atoms. The van der Waals surface area contributed by atoms with E-state index in [0.29, 0.717) is 43.6 Å². The number of rotatable bonds is 9. The van der Waals surface area contributed by atoms with Crippen LogP contribution in [-0.4, -0.2) is 84.5 Å². The zero-order valence-electron chi connectivity index (χ0n) is 17.3. The van der Waals surface area contributed by atoms with Crippen LogP contribution < -0.4 is 0 Å². The number of nitrogens with zero attached hydrogens (tertiary/aromatic N) is 4. The van der Waals surface area contributed by atoms with Gasteiger partial charge in [0.25, 0.3) is 0 Å². The predicted octanol–water partition coefficient (Wildman–Crippen LogP) is 1.54. The Hall–Kier alpha value is -1.51. The Morgan fingerprint density at radius 3 is 2.89 bits per heavy atom. The van der Waals surface area contributed by atoms with Gasteiger partial charge in [0.2, 0.25) is 11.8 Å². The molecular formula is C20H34N4O4. The maximum absolute atomic E-state index is 12.6. The van der Waals surface area contributed by atoms with Gasteiger partial charge in [-0.1, -0.05) is 19.0 Å². The van der Waals surface area contributed by atoms with Gasteiger partial charge in [0.15, 0.2) is 5.82 Å². The van der Waals surface area contributed by atoms with Crippen molar-refractivity contribution in [3.8, 4) is 0 Å². The van der Waals surface area contributed by atoms with Gasteiger partial charge >= 0.3 is 0 Å². The first-order valence-electron chi connectivity index (χ1n) is 10.6. The highest BCUT2D eigenvalue weighted by Gasteiger charge is 2.24. The van der Waals surface area contributed by atoms with Gasteiger partial charge in [-0.2, -0.15) is 4.98 Å². The lowest BCUT2D eigenvalue weighted by molar-refractivity contribution is -0.135. The Labute approximate surface area is 167 Å². The van der Waals surface area contributed by atoms with Gasteiger partial charge in [-0.15, -0.1) is 0 Å². The van der Waals surface area contributed by atoms with Crippen LogP contribution >= 0.6 is 0 Å². The van der Waals surface area contributed by atoms with Crippen molar-refractivity contribution in [3.63, 3.8) is 0 Å². The van der Waals surface area contributed by atoms with Crippen molar-refractivity contribution >= 4 is 5.91 Å². The van der Waals surface area contributed by atoms with Crippen molar-refractivity contribution in [1.29, 1.82) is 0 Å². The molecule has 0 spiro atoms. The van der Waals surface area contributed by atoms with E-state index in [4.69, 9.17) is 14.0 Å². The fourth-order valence-electron chi connectivity index (χ4n) is 3.68. The average molecular weight is 395 g/mol. The number of aromatic nitrogens is 2. The summed E-state index contributed by atoms with van der Waals surface area (Å²) in [5.41, 5.74) is 0. The van der Waals surface area contributed by atoms with Crippen LogP contribution in [-0.2, 0) is 27.1 Å². The lowest BCUT2D eigenvalue weighted by Crippen LogP contribution is -2.45. The maximum Gasteiger partial charge on any atom is 0.226 e. The Morgan fingerprint density at radius 2 is 2.11 bits per heavy atom. The van der Waals surface area contributed by atoms with Crippen LogP contribution in [0.3, 0.4) is 0 Å². The molecule has 1 aromatic heterocycles. The van der Waals surface area contributed by atoms with Crippen molar-refractivity contribution in [3.05, 3.63) is 11.7 Å². The van der Waals surface area contributed by atoms with E-state index in [9.17, 15) is 4.79 Å². The summed E-state index contributed by atoms with van der Waals surface area (Å²) in [6, 6.07) is 0. The molecule has 0 aromatic carbocycles. The van der Waals surface area contributed by atoms with E-state index in [-0.39, 0.29) is 12.0 Å². The number of ether oxygens (including phenoxy) is 2. The van der Waals surface area contributed by atoms with Gasteiger partial charge in [0, 0.05) is 52.0 Å². The molecule has 1 aromatic rings. The highest BCUT2D eigenvalue weighted by molar-refractivity contribution is 5.76. The standard InChI is InChI=1S/C20H34N4O4/c1-16(2)14-19-21-18(22-28-19)6-11-27-17-4-3-7-24(15-17)20(25)5-8-23-9-12-26-13-10-23/h16-17H,3-15H2,1-2H3. The van der Waals surface area contributed by atoms with Crippen LogP contribution in [0.4, 0.5) is 0 Å². The second-order valence-electron chi connectivity index (χ2n) is 8.13. The van der Waals surface area contributed by atoms with Crippen molar-refractivity contribution in [2.75, 3.05) is 52.5 Å². The Kier molecular flexibility index (Phi) is 8.24. The molecule has 8 nitrogen and oxygen atoms in total. The molecular weight excluding hydrogens is 360 g/mol. The van der Waals surface area contributed by atoms with Gasteiger partial charge in [-0.05, 0) is 18.8 Å². The number of piperidine rings is 1. The normalized spacial score (nSPS) is 21.4. The van der Waals surface area contributed by atoms with Gasteiger partial charge in [-0.3, -0.25) is 9.69 Å². The summed E-state index contributed by atoms with van der Waals surface area (Å²) >= 11 is 0. The number of hydrogen-bond donors (Lipinski definition) is 0. The largest absolute Gasteiger partial charge is 0.379 e. The molecule has 3 heterocycles. The third-order valence-corrected chi connectivity index (χ3v) is 5.25. The van der Waals surface area contributed by atoms with Gasteiger partial charge < -0.3 is 18.9 Å². The molecule has 2 fully saturated rings. The van der Waals surface area contributed by atoms with Crippen LogP contribution in [0.15, 0.2) is 4.52 Å². The second-order valence-corrected chi connectivity index (χ2v) is 8.13. The van der Waals surface area contributed by atoms with Crippen molar-refractivity contribution in [2.45, 2.75) is 52.1 Å². The average Bonchev–Trinajstić information content (AvgIpc) is 3.13. The summed E-state index contributed by atoms with van der Waals surface area (Å²) in [5, 5.41) is 4.02. The highest BCUT2D eigenvalue weighted by atomic mass is 16.5. The quantitative estimate of drug-likeness (QED) is 0.628. The molecule has 3 rings (SSSR count). The molecule has 158 valence electrons.